The fourth-order valence-electron chi connectivity index (χ4n) is 1.44. The Labute approximate surface area is 87.2 Å². The highest BCUT2D eigenvalue weighted by molar-refractivity contribution is 5.22. The van der Waals surface area contributed by atoms with Gasteiger partial charge in [-0.2, -0.15) is 0 Å². The van der Waals surface area contributed by atoms with Crippen molar-refractivity contribution < 1.29 is 19.0 Å². The lowest BCUT2D eigenvalue weighted by Gasteiger charge is -2.18. The topological polar surface area (TPSA) is 40.5 Å². The van der Waals surface area contributed by atoms with E-state index in [1.807, 2.05) is 6.92 Å². The second kappa shape index (κ2) is 5.19. The van der Waals surface area contributed by atoms with E-state index in [1.54, 1.807) is 0 Å². The standard InChI is InChI=1S/C11H14F2O2/c1-2-4-9(14)11(15)10-7(12)5-3-6-8(10)13/h3,5-6,9,11,14-15H,2,4H2,1H3. The van der Waals surface area contributed by atoms with E-state index in [-0.39, 0.29) is 0 Å². The molecule has 4 heteroatoms. The van der Waals surface area contributed by atoms with Crippen LogP contribution in [0.5, 0.6) is 0 Å². The Morgan fingerprint density at radius 3 is 2.20 bits per heavy atom. The van der Waals surface area contributed by atoms with Gasteiger partial charge in [-0.25, -0.2) is 8.78 Å². The van der Waals surface area contributed by atoms with Crippen molar-refractivity contribution in [3.8, 4) is 0 Å². The molecule has 1 rings (SSSR count). The number of halogens is 2. The lowest BCUT2D eigenvalue weighted by atomic mass is 10.0. The fraction of sp³-hybridized carbons (Fsp3) is 0.455. The highest BCUT2D eigenvalue weighted by atomic mass is 19.1. The molecule has 0 heterocycles. The number of hydrogen-bond donors (Lipinski definition) is 2. The van der Waals surface area contributed by atoms with Crippen molar-refractivity contribution in [3.63, 3.8) is 0 Å². The Balaban J connectivity index is 2.94. The summed E-state index contributed by atoms with van der Waals surface area (Å²) in [6, 6.07) is 3.33. The summed E-state index contributed by atoms with van der Waals surface area (Å²) >= 11 is 0. The SMILES string of the molecule is CCCC(O)C(O)c1c(F)cccc1F. The smallest absolute Gasteiger partial charge is 0.132 e. The van der Waals surface area contributed by atoms with Crippen LogP contribution in [0.15, 0.2) is 18.2 Å². The van der Waals surface area contributed by atoms with E-state index < -0.39 is 29.4 Å². The quantitative estimate of drug-likeness (QED) is 0.809. The summed E-state index contributed by atoms with van der Waals surface area (Å²) < 4.78 is 26.4. The molecular weight excluding hydrogens is 202 g/mol. The summed E-state index contributed by atoms with van der Waals surface area (Å²) in [7, 11) is 0. The number of aliphatic hydroxyl groups is 2. The number of rotatable bonds is 4. The van der Waals surface area contributed by atoms with Crippen molar-refractivity contribution in [2.24, 2.45) is 0 Å². The third-order valence-corrected chi connectivity index (χ3v) is 2.24. The van der Waals surface area contributed by atoms with E-state index >= 15 is 0 Å². The Kier molecular flexibility index (Phi) is 4.17. The predicted molar refractivity (Wildman–Crippen MR) is 52.2 cm³/mol. The Morgan fingerprint density at radius 2 is 1.73 bits per heavy atom. The van der Waals surface area contributed by atoms with Crippen LogP contribution in [-0.2, 0) is 0 Å². The molecule has 2 unspecified atom stereocenters. The van der Waals surface area contributed by atoms with Crippen molar-refractivity contribution >= 4 is 0 Å². The molecule has 0 spiro atoms. The third kappa shape index (κ3) is 2.73. The van der Waals surface area contributed by atoms with Gasteiger partial charge in [-0.15, -0.1) is 0 Å². The van der Waals surface area contributed by atoms with Crippen LogP contribution in [0.25, 0.3) is 0 Å². The van der Waals surface area contributed by atoms with Crippen LogP contribution in [-0.4, -0.2) is 16.3 Å². The molecule has 0 aliphatic carbocycles. The van der Waals surface area contributed by atoms with Gasteiger partial charge in [0.05, 0.1) is 11.7 Å². The lowest BCUT2D eigenvalue weighted by Crippen LogP contribution is -2.20. The molecule has 0 aromatic heterocycles. The van der Waals surface area contributed by atoms with Crippen LogP contribution in [0.2, 0.25) is 0 Å². The van der Waals surface area contributed by atoms with E-state index in [2.05, 4.69) is 0 Å². The molecule has 1 aromatic carbocycles. The molecule has 0 aliphatic heterocycles. The first kappa shape index (κ1) is 12.1. The van der Waals surface area contributed by atoms with Crippen LogP contribution >= 0.6 is 0 Å². The minimum Gasteiger partial charge on any atom is -0.390 e. The van der Waals surface area contributed by atoms with Crippen molar-refractivity contribution in [3.05, 3.63) is 35.4 Å². The van der Waals surface area contributed by atoms with Gasteiger partial charge < -0.3 is 10.2 Å². The maximum atomic E-state index is 13.2. The van der Waals surface area contributed by atoms with Crippen LogP contribution in [0.4, 0.5) is 8.78 Å². The summed E-state index contributed by atoms with van der Waals surface area (Å²) in [5.74, 6) is -1.67. The molecule has 0 fully saturated rings. The monoisotopic (exact) mass is 216 g/mol. The Hall–Kier alpha value is -1.00. The minimum atomic E-state index is -1.51. The van der Waals surface area contributed by atoms with Gasteiger partial charge in [0.15, 0.2) is 0 Å². The zero-order valence-electron chi connectivity index (χ0n) is 8.45. The van der Waals surface area contributed by atoms with Gasteiger partial charge in [0.2, 0.25) is 0 Å². The Morgan fingerprint density at radius 1 is 1.20 bits per heavy atom. The first-order chi connectivity index (χ1) is 7.07. The van der Waals surface area contributed by atoms with Crippen LogP contribution in [0, 0.1) is 11.6 Å². The van der Waals surface area contributed by atoms with Crippen LogP contribution in [0.3, 0.4) is 0 Å². The highest BCUT2D eigenvalue weighted by Crippen LogP contribution is 2.25. The zero-order valence-corrected chi connectivity index (χ0v) is 8.45. The maximum Gasteiger partial charge on any atom is 0.132 e. The van der Waals surface area contributed by atoms with Crippen molar-refractivity contribution in [1.82, 2.24) is 0 Å². The van der Waals surface area contributed by atoms with Gasteiger partial charge in [-0.3, -0.25) is 0 Å². The largest absolute Gasteiger partial charge is 0.390 e. The third-order valence-electron chi connectivity index (χ3n) is 2.24. The molecule has 0 radical (unpaired) electrons. The molecule has 0 saturated heterocycles. The zero-order chi connectivity index (χ0) is 11.4. The molecule has 15 heavy (non-hydrogen) atoms. The van der Waals surface area contributed by atoms with Crippen molar-refractivity contribution in [1.29, 1.82) is 0 Å². The molecule has 2 nitrogen and oxygen atoms in total. The van der Waals surface area contributed by atoms with Gasteiger partial charge >= 0.3 is 0 Å². The molecule has 0 bridgehead atoms. The first-order valence-electron chi connectivity index (χ1n) is 4.88. The first-order valence-corrected chi connectivity index (χ1v) is 4.88. The van der Waals surface area contributed by atoms with Gasteiger partial charge in [-0.1, -0.05) is 19.4 Å². The van der Waals surface area contributed by atoms with E-state index in [0.29, 0.717) is 12.8 Å². The van der Waals surface area contributed by atoms with E-state index in [1.165, 1.54) is 6.07 Å². The minimum absolute atomic E-state index is 0.301. The molecule has 0 saturated carbocycles. The van der Waals surface area contributed by atoms with Crippen LogP contribution < -0.4 is 0 Å². The fourth-order valence-corrected chi connectivity index (χ4v) is 1.44. The molecule has 2 atom stereocenters. The molecule has 0 aliphatic rings. The summed E-state index contributed by atoms with van der Waals surface area (Å²) in [4.78, 5) is 0. The average molecular weight is 216 g/mol. The second-order valence-corrected chi connectivity index (χ2v) is 3.44. The summed E-state index contributed by atoms with van der Waals surface area (Å²) in [5, 5.41) is 19.0. The van der Waals surface area contributed by atoms with Gasteiger partial charge in [0.1, 0.15) is 17.7 Å². The maximum absolute atomic E-state index is 13.2. The summed E-state index contributed by atoms with van der Waals surface area (Å²) in [5.41, 5.74) is -0.460. The predicted octanol–water partition coefficient (Wildman–Crippen LogP) is 2.16. The number of benzene rings is 1. The number of hydrogen-bond acceptors (Lipinski definition) is 2. The van der Waals surface area contributed by atoms with Gasteiger partial charge in [0.25, 0.3) is 0 Å². The van der Waals surface area contributed by atoms with E-state index in [9.17, 15) is 19.0 Å². The molecule has 2 N–H and O–H groups in total. The van der Waals surface area contributed by atoms with Crippen LogP contribution in [0.1, 0.15) is 31.4 Å². The van der Waals surface area contributed by atoms with Gasteiger partial charge in [-0.05, 0) is 18.6 Å². The van der Waals surface area contributed by atoms with Crippen molar-refractivity contribution in [2.45, 2.75) is 32.0 Å². The number of aliphatic hydroxyl groups excluding tert-OH is 2. The van der Waals surface area contributed by atoms with Gasteiger partial charge in [0, 0.05) is 0 Å². The summed E-state index contributed by atoms with van der Waals surface area (Å²) in [6.07, 6.45) is -1.71. The summed E-state index contributed by atoms with van der Waals surface area (Å²) in [6.45, 7) is 1.81. The van der Waals surface area contributed by atoms with Crippen molar-refractivity contribution in [2.75, 3.05) is 0 Å². The molecule has 0 amide bonds. The second-order valence-electron chi connectivity index (χ2n) is 3.44. The highest BCUT2D eigenvalue weighted by Gasteiger charge is 2.23. The molecular formula is C11H14F2O2. The molecule has 1 aromatic rings. The van der Waals surface area contributed by atoms with E-state index in [0.717, 1.165) is 12.1 Å². The normalized spacial score (nSPS) is 15.0. The average Bonchev–Trinajstić information content (AvgIpc) is 2.17. The molecule has 84 valence electrons. The lowest BCUT2D eigenvalue weighted by molar-refractivity contribution is 0.00890. The van der Waals surface area contributed by atoms with E-state index in [4.69, 9.17) is 0 Å². The Bertz CT molecular complexity index is 308.